The van der Waals surface area contributed by atoms with Crippen LogP contribution in [-0.2, 0) is 9.53 Å². The van der Waals surface area contributed by atoms with E-state index in [9.17, 15) is 23.2 Å². The van der Waals surface area contributed by atoms with E-state index >= 15 is 0 Å². The van der Waals surface area contributed by atoms with Gasteiger partial charge < -0.3 is 14.2 Å². The number of nitrogens with zero attached hydrogens (tertiary/aromatic N) is 1. The van der Waals surface area contributed by atoms with Crippen LogP contribution in [0.5, 0.6) is 17.2 Å². The van der Waals surface area contributed by atoms with Crippen LogP contribution in [0.2, 0.25) is 0 Å². The maximum atomic E-state index is 12.8. The molecule has 5 nitrogen and oxygen atoms in total. The number of halogens is 3. The molecule has 0 bridgehead atoms. The number of para-hydroxylation sites is 1. The molecule has 0 radical (unpaired) electrons. The molecular formula is C25H20F3NO4. The van der Waals surface area contributed by atoms with Gasteiger partial charge in [0.25, 0.3) is 0 Å². The van der Waals surface area contributed by atoms with Crippen molar-refractivity contribution in [2.45, 2.75) is 31.7 Å². The molecule has 0 saturated heterocycles. The Kier molecular flexibility index (Phi) is 7.57. The zero-order valence-electron chi connectivity index (χ0n) is 17.6. The number of esters is 1. The summed E-state index contributed by atoms with van der Waals surface area (Å²) in [4.78, 5) is 12.8. The van der Waals surface area contributed by atoms with Crippen LogP contribution < -0.4 is 9.47 Å². The van der Waals surface area contributed by atoms with Crippen LogP contribution in [0.4, 0.5) is 13.2 Å². The zero-order chi connectivity index (χ0) is 23.8. The summed E-state index contributed by atoms with van der Waals surface area (Å²) >= 11 is 0. The van der Waals surface area contributed by atoms with Gasteiger partial charge in [-0.2, -0.15) is 5.26 Å². The summed E-state index contributed by atoms with van der Waals surface area (Å²) < 4.78 is 52.1. The SMILES string of the molecule is CCC(C(=O)OC(C#N)c1cccc(Oc2ccccc2)c1)c1ccc(OC(F)(F)F)cc1. The minimum absolute atomic E-state index is 0.327. The molecule has 0 heterocycles. The van der Waals surface area contributed by atoms with E-state index in [1.165, 1.54) is 12.1 Å². The summed E-state index contributed by atoms with van der Waals surface area (Å²) in [5, 5.41) is 9.59. The van der Waals surface area contributed by atoms with Gasteiger partial charge in [0, 0.05) is 5.56 Å². The van der Waals surface area contributed by atoms with Gasteiger partial charge in [-0.3, -0.25) is 4.79 Å². The second-order valence-electron chi connectivity index (χ2n) is 7.01. The van der Waals surface area contributed by atoms with Crippen molar-refractivity contribution in [2.24, 2.45) is 0 Å². The maximum Gasteiger partial charge on any atom is 0.573 e. The number of hydrogen-bond acceptors (Lipinski definition) is 5. The van der Waals surface area contributed by atoms with Crippen LogP contribution in [0.25, 0.3) is 0 Å². The Morgan fingerprint density at radius 1 is 0.909 bits per heavy atom. The number of carbonyl (C=O) groups excluding carboxylic acids is 1. The van der Waals surface area contributed by atoms with Gasteiger partial charge in [0.15, 0.2) is 0 Å². The zero-order valence-corrected chi connectivity index (χ0v) is 17.6. The van der Waals surface area contributed by atoms with E-state index < -0.39 is 24.4 Å². The lowest BCUT2D eigenvalue weighted by atomic mass is 9.96. The van der Waals surface area contributed by atoms with Gasteiger partial charge in [0.2, 0.25) is 6.10 Å². The van der Waals surface area contributed by atoms with Crippen molar-refractivity contribution in [1.29, 1.82) is 5.26 Å². The summed E-state index contributed by atoms with van der Waals surface area (Å²) in [5.41, 5.74) is 0.887. The highest BCUT2D eigenvalue weighted by molar-refractivity contribution is 5.78. The third-order valence-corrected chi connectivity index (χ3v) is 4.70. The summed E-state index contributed by atoms with van der Waals surface area (Å²) in [6.45, 7) is 1.74. The Balaban J connectivity index is 1.72. The fourth-order valence-electron chi connectivity index (χ4n) is 3.17. The molecule has 2 atom stereocenters. The molecule has 3 rings (SSSR count). The van der Waals surface area contributed by atoms with E-state index in [4.69, 9.17) is 9.47 Å². The molecule has 8 heteroatoms. The van der Waals surface area contributed by atoms with Crippen molar-refractivity contribution in [2.75, 3.05) is 0 Å². The summed E-state index contributed by atoms with van der Waals surface area (Å²) in [6.07, 6.45) is -5.66. The summed E-state index contributed by atoms with van der Waals surface area (Å²) in [6, 6.07) is 22.7. The predicted molar refractivity (Wildman–Crippen MR) is 114 cm³/mol. The van der Waals surface area contributed by atoms with Crippen molar-refractivity contribution >= 4 is 5.97 Å². The molecule has 0 aliphatic heterocycles. The summed E-state index contributed by atoms with van der Waals surface area (Å²) in [5.74, 6) is -0.724. The van der Waals surface area contributed by atoms with Crippen LogP contribution in [-0.4, -0.2) is 12.3 Å². The molecule has 0 aliphatic rings. The minimum Gasteiger partial charge on any atom is -0.457 e. The Labute approximate surface area is 188 Å². The Bertz CT molecular complexity index is 1110. The fourth-order valence-corrected chi connectivity index (χ4v) is 3.17. The maximum absolute atomic E-state index is 12.8. The van der Waals surface area contributed by atoms with E-state index in [0.29, 0.717) is 29.0 Å². The van der Waals surface area contributed by atoms with Crippen molar-refractivity contribution in [3.8, 4) is 23.3 Å². The number of hydrogen-bond donors (Lipinski definition) is 0. The molecule has 2 unspecified atom stereocenters. The molecule has 33 heavy (non-hydrogen) atoms. The predicted octanol–water partition coefficient (Wildman–Crippen LogP) is 6.68. The lowest BCUT2D eigenvalue weighted by Crippen LogP contribution is -2.19. The minimum atomic E-state index is -4.80. The van der Waals surface area contributed by atoms with Crippen LogP contribution >= 0.6 is 0 Å². The van der Waals surface area contributed by atoms with Gasteiger partial charge in [0.1, 0.15) is 23.3 Å². The van der Waals surface area contributed by atoms with Crippen LogP contribution in [0.1, 0.15) is 36.5 Å². The first kappa shape index (κ1) is 23.7. The number of alkyl halides is 3. The molecule has 0 saturated carbocycles. The van der Waals surface area contributed by atoms with Crippen LogP contribution in [0.15, 0.2) is 78.9 Å². The molecule has 170 valence electrons. The number of rotatable bonds is 8. The third kappa shape index (κ3) is 6.74. The van der Waals surface area contributed by atoms with Crippen molar-refractivity contribution in [3.05, 3.63) is 90.0 Å². The van der Waals surface area contributed by atoms with E-state index in [-0.39, 0.29) is 5.75 Å². The first-order valence-electron chi connectivity index (χ1n) is 10.1. The second-order valence-corrected chi connectivity index (χ2v) is 7.01. The van der Waals surface area contributed by atoms with Gasteiger partial charge in [-0.25, -0.2) is 0 Å². The average molecular weight is 455 g/mol. The highest BCUT2D eigenvalue weighted by atomic mass is 19.4. The number of carbonyl (C=O) groups is 1. The van der Waals surface area contributed by atoms with Crippen molar-refractivity contribution < 1.29 is 32.2 Å². The lowest BCUT2D eigenvalue weighted by molar-refractivity contribution is -0.274. The highest BCUT2D eigenvalue weighted by Gasteiger charge is 2.31. The molecule has 0 aromatic heterocycles. The van der Waals surface area contributed by atoms with E-state index in [1.54, 1.807) is 43.3 Å². The van der Waals surface area contributed by atoms with Gasteiger partial charge in [-0.1, -0.05) is 49.4 Å². The molecular weight excluding hydrogens is 435 g/mol. The van der Waals surface area contributed by atoms with Gasteiger partial charge in [0.05, 0.1) is 5.92 Å². The largest absolute Gasteiger partial charge is 0.573 e. The van der Waals surface area contributed by atoms with Crippen molar-refractivity contribution in [3.63, 3.8) is 0 Å². The Hall–Kier alpha value is -3.99. The normalized spacial score (nSPS) is 12.8. The van der Waals surface area contributed by atoms with E-state index in [2.05, 4.69) is 4.74 Å². The monoisotopic (exact) mass is 455 g/mol. The highest BCUT2D eigenvalue weighted by Crippen LogP contribution is 2.30. The smallest absolute Gasteiger partial charge is 0.457 e. The van der Waals surface area contributed by atoms with Crippen LogP contribution in [0, 0.1) is 11.3 Å². The first-order valence-corrected chi connectivity index (χ1v) is 10.1. The lowest BCUT2D eigenvalue weighted by Gasteiger charge is -2.18. The molecule has 0 fully saturated rings. The Morgan fingerprint density at radius 3 is 2.18 bits per heavy atom. The van der Waals surface area contributed by atoms with Crippen LogP contribution in [0.3, 0.4) is 0 Å². The molecule has 0 N–H and O–H groups in total. The molecule has 0 aliphatic carbocycles. The Morgan fingerprint density at radius 2 is 1.58 bits per heavy atom. The number of benzene rings is 3. The topological polar surface area (TPSA) is 68.6 Å². The summed E-state index contributed by atoms with van der Waals surface area (Å²) in [7, 11) is 0. The van der Waals surface area contributed by atoms with Gasteiger partial charge >= 0.3 is 12.3 Å². The molecule has 3 aromatic carbocycles. The molecule has 3 aromatic rings. The van der Waals surface area contributed by atoms with Crippen molar-refractivity contribution in [1.82, 2.24) is 0 Å². The number of nitriles is 1. The van der Waals surface area contributed by atoms with Gasteiger partial charge in [-0.05, 0) is 48.4 Å². The first-order chi connectivity index (χ1) is 15.8. The fraction of sp³-hybridized carbons (Fsp3) is 0.200. The quantitative estimate of drug-likeness (QED) is 0.355. The molecule has 0 spiro atoms. The average Bonchev–Trinajstić information content (AvgIpc) is 2.79. The van der Waals surface area contributed by atoms with E-state index in [0.717, 1.165) is 12.1 Å². The number of ether oxygens (including phenoxy) is 3. The van der Waals surface area contributed by atoms with E-state index in [1.807, 2.05) is 24.3 Å². The third-order valence-electron chi connectivity index (χ3n) is 4.70. The standard InChI is InChI=1S/C25H20F3NO4/c1-2-22(17-11-13-20(14-12-17)33-25(26,27)28)24(30)32-23(16-29)18-7-6-10-21(15-18)31-19-8-4-3-5-9-19/h3-15,22-23H,2H2,1H3. The van der Waals surface area contributed by atoms with Gasteiger partial charge in [-0.15, -0.1) is 13.2 Å². The second kappa shape index (κ2) is 10.6. The molecule has 0 amide bonds.